The summed E-state index contributed by atoms with van der Waals surface area (Å²) in [6, 6.07) is 7.22. The molecule has 0 aliphatic heterocycles. The number of nitrogens with two attached hydrogens (primary N) is 1. The third kappa shape index (κ3) is 3.49. The van der Waals surface area contributed by atoms with Crippen molar-refractivity contribution in [3.05, 3.63) is 47.5 Å². The van der Waals surface area contributed by atoms with Crippen LogP contribution in [0.15, 0.2) is 36.4 Å². The Morgan fingerprint density at radius 3 is 2.94 bits per heavy atom. The van der Waals surface area contributed by atoms with Gasteiger partial charge in [0.15, 0.2) is 0 Å². The number of nitrogen functional groups attached to an aromatic ring is 1. The summed E-state index contributed by atoms with van der Waals surface area (Å²) in [5.74, 6) is 4.80. The molecule has 16 heavy (non-hydrogen) atoms. The van der Waals surface area contributed by atoms with E-state index in [0.717, 1.165) is 5.56 Å². The second-order valence-electron chi connectivity index (χ2n) is 3.21. The van der Waals surface area contributed by atoms with Crippen LogP contribution < -0.4 is 11.3 Å². The van der Waals surface area contributed by atoms with Gasteiger partial charge in [-0.2, -0.15) is 0 Å². The zero-order valence-corrected chi connectivity index (χ0v) is 9.27. The van der Waals surface area contributed by atoms with E-state index in [-0.39, 0.29) is 5.91 Å². The molecule has 3 N–H and O–H groups in total. The summed E-state index contributed by atoms with van der Waals surface area (Å²) in [6.07, 6.45) is 3.82. The molecule has 1 amide bonds. The SMILES string of the molecule is CC=CCOCc1ccccc1C(=O)NN. The quantitative estimate of drug-likeness (QED) is 0.259. The Morgan fingerprint density at radius 1 is 1.50 bits per heavy atom. The van der Waals surface area contributed by atoms with Gasteiger partial charge in [-0.15, -0.1) is 0 Å². The lowest BCUT2D eigenvalue weighted by atomic mass is 10.1. The number of rotatable bonds is 5. The molecule has 1 aromatic carbocycles. The van der Waals surface area contributed by atoms with Crippen molar-refractivity contribution in [3.63, 3.8) is 0 Å². The van der Waals surface area contributed by atoms with Crippen LogP contribution in [-0.4, -0.2) is 12.5 Å². The maximum absolute atomic E-state index is 11.4. The maximum atomic E-state index is 11.4. The average molecular weight is 220 g/mol. The standard InChI is InChI=1S/C12H16N2O2/c1-2-3-8-16-9-10-6-4-5-7-11(10)12(15)14-13/h2-7H,8-9,13H2,1H3,(H,14,15). The zero-order valence-electron chi connectivity index (χ0n) is 9.27. The van der Waals surface area contributed by atoms with Crippen LogP contribution in [0.3, 0.4) is 0 Å². The van der Waals surface area contributed by atoms with E-state index in [1.807, 2.05) is 31.2 Å². The number of allylic oxidation sites excluding steroid dienone is 1. The fourth-order valence-corrected chi connectivity index (χ4v) is 1.28. The molecule has 1 rings (SSSR count). The highest BCUT2D eigenvalue weighted by Gasteiger charge is 2.08. The largest absolute Gasteiger partial charge is 0.373 e. The molecule has 0 radical (unpaired) electrons. The fraction of sp³-hybridized carbons (Fsp3) is 0.250. The van der Waals surface area contributed by atoms with E-state index in [1.54, 1.807) is 12.1 Å². The van der Waals surface area contributed by atoms with Gasteiger partial charge in [-0.05, 0) is 18.6 Å². The van der Waals surface area contributed by atoms with E-state index in [0.29, 0.717) is 18.8 Å². The first-order chi connectivity index (χ1) is 7.79. The summed E-state index contributed by atoms with van der Waals surface area (Å²) in [5.41, 5.74) is 3.49. The predicted octanol–water partition coefficient (Wildman–Crippen LogP) is 1.38. The van der Waals surface area contributed by atoms with Crippen LogP contribution in [-0.2, 0) is 11.3 Å². The molecule has 0 saturated carbocycles. The van der Waals surface area contributed by atoms with E-state index >= 15 is 0 Å². The molecule has 0 atom stereocenters. The minimum Gasteiger partial charge on any atom is -0.373 e. The molecule has 4 nitrogen and oxygen atoms in total. The lowest BCUT2D eigenvalue weighted by Crippen LogP contribution is -2.30. The Morgan fingerprint density at radius 2 is 2.25 bits per heavy atom. The minimum absolute atomic E-state index is 0.301. The molecule has 86 valence electrons. The number of benzene rings is 1. The molecule has 0 spiro atoms. The molecule has 0 saturated heterocycles. The van der Waals surface area contributed by atoms with Crippen LogP contribution >= 0.6 is 0 Å². The van der Waals surface area contributed by atoms with E-state index in [4.69, 9.17) is 10.6 Å². The summed E-state index contributed by atoms with van der Waals surface area (Å²) in [5, 5.41) is 0. The average Bonchev–Trinajstić information content (AvgIpc) is 2.34. The first-order valence-corrected chi connectivity index (χ1v) is 5.07. The second-order valence-corrected chi connectivity index (χ2v) is 3.21. The Labute approximate surface area is 95.1 Å². The molecular weight excluding hydrogens is 204 g/mol. The highest BCUT2D eigenvalue weighted by Crippen LogP contribution is 2.09. The molecule has 0 heterocycles. The Kier molecular flexibility index (Phi) is 5.25. The van der Waals surface area contributed by atoms with E-state index in [9.17, 15) is 4.79 Å². The van der Waals surface area contributed by atoms with Crippen LogP contribution in [0.4, 0.5) is 0 Å². The van der Waals surface area contributed by atoms with Crippen molar-refractivity contribution in [2.75, 3.05) is 6.61 Å². The van der Waals surface area contributed by atoms with Crippen molar-refractivity contribution < 1.29 is 9.53 Å². The molecule has 1 aromatic rings. The van der Waals surface area contributed by atoms with E-state index in [1.165, 1.54) is 0 Å². The van der Waals surface area contributed by atoms with Crippen LogP contribution in [0.5, 0.6) is 0 Å². The van der Waals surface area contributed by atoms with Crippen LogP contribution in [0, 0.1) is 0 Å². The van der Waals surface area contributed by atoms with Gasteiger partial charge in [-0.3, -0.25) is 10.2 Å². The molecule has 0 aliphatic carbocycles. The van der Waals surface area contributed by atoms with E-state index in [2.05, 4.69) is 5.43 Å². The van der Waals surface area contributed by atoms with Crippen molar-refractivity contribution >= 4 is 5.91 Å². The number of amides is 1. The third-order valence-corrected chi connectivity index (χ3v) is 2.10. The van der Waals surface area contributed by atoms with Crippen LogP contribution in [0.25, 0.3) is 0 Å². The number of carbonyl (C=O) groups is 1. The molecule has 0 unspecified atom stereocenters. The predicted molar refractivity (Wildman–Crippen MR) is 62.6 cm³/mol. The lowest BCUT2D eigenvalue weighted by Gasteiger charge is -2.07. The number of ether oxygens (including phenoxy) is 1. The first kappa shape index (κ1) is 12.4. The smallest absolute Gasteiger partial charge is 0.265 e. The summed E-state index contributed by atoms with van der Waals surface area (Å²) in [7, 11) is 0. The maximum Gasteiger partial charge on any atom is 0.265 e. The van der Waals surface area contributed by atoms with Gasteiger partial charge in [-0.1, -0.05) is 30.4 Å². The Balaban J connectivity index is 2.67. The van der Waals surface area contributed by atoms with Crippen molar-refractivity contribution in [1.82, 2.24) is 5.43 Å². The molecule has 0 aliphatic rings. The molecule has 0 aromatic heterocycles. The van der Waals surface area contributed by atoms with Gasteiger partial charge in [-0.25, -0.2) is 5.84 Å². The van der Waals surface area contributed by atoms with Crippen molar-refractivity contribution in [2.45, 2.75) is 13.5 Å². The molecule has 4 heteroatoms. The summed E-state index contributed by atoms with van der Waals surface area (Å²) in [6.45, 7) is 2.86. The van der Waals surface area contributed by atoms with Gasteiger partial charge in [0.2, 0.25) is 0 Å². The third-order valence-electron chi connectivity index (χ3n) is 2.10. The fourth-order valence-electron chi connectivity index (χ4n) is 1.28. The topological polar surface area (TPSA) is 64.3 Å². The van der Waals surface area contributed by atoms with Crippen molar-refractivity contribution in [1.29, 1.82) is 0 Å². The van der Waals surface area contributed by atoms with Crippen molar-refractivity contribution in [2.24, 2.45) is 5.84 Å². The summed E-state index contributed by atoms with van der Waals surface area (Å²) in [4.78, 5) is 11.4. The lowest BCUT2D eigenvalue weighted by molar-refractivity contribution is 0.0946. The Hall–Kier alpha value is -1.65. The van der Waals surface area contributed by atoms with E-state index < -0.39 is 0 Å². The van der Waals surface area contributed by atoms with Gasteiger partial charge < -0.3 is 4.74 Å². The molecule has 0 bridgehead atoms. The van der Waals surface area contributed by atoms with Gasteiger partial charge >= 0.3 is 0 Å². The van der Waals surface area contributed by atoms with Crippen molar-refractivity contribution in [3.8, 4) is 0 Å². The highest BCUT2D eigenvalue weighted by molar-refractivity contribution is 5.95. The minimum atomic E-state index is -0.301. The Bertz CT molecular complexity index is 375. The first-order valence-electron chi connectivity index (χ1n) is 5.07. The number of hydrogen-bond donors (Lipinski definition) is 2. The number of nitrogens with one attached hydrogen (secondary N) is 1. The van der Waals surface area contributed by atoms with Gasteiger partial charge in [0.25, 0.3) is 5.91 Å². The zero-order chi connectivity index (χ0) is 11.8. The van der Waals surface area contributed by atoms with Gasteiger partial charge in [0.05, 0.1) is 13.2 Å². The second kappa shape index (κ2) is 6.76. The normalized spacial score (nSPS) is 10.6. The highest BCUT2D eigenvalue weighted by atomic mass is 16.5. The summed E-state index contributed by atoms with van der Waals surface area (Å²) < 4.78 is 5.39. The summed E-state index contributed by atoms with van der Waals surface area (Å²) >= 11 is 0. The van der Waals surface area contributed by atoms with Crippen LogP contribution in [0.2, 0.25) is 0 Å². The molecule has 0 fully saturated rings. The van der Waals surface area contributed by atoms with Crippen LogP contribution in [0.1, 0.15) is 22.8 Å². The monoisotopic (exact) mass is 220 g/mol. The van der Waals surface area contributed by atoms with Gasteiger partial charge in [0, 0.05) is 5.56 Å². The number of carbonyl (C=O) groups excluding carboxylic acids is 1. The number of hydrazine groups is 1. The van der Waals surface area contributed by atoms with Gasteiger partial charge in [0.1, 0.15) is 0 Å². The molecular formula is C12H16N2O2. The number of hydrogen-bond acceptors (Lipinski definition) is 3.